The van der Waals surface area contributed by atoms with E-state index in [1.54, 1.807) is 4.68 Å². The van der Waals surface area contributed by atoms with Crippen molar-refractivity contribution >= 4 is 0 Å². The molecule has 0 N–H and O–H groups in total. The lowest BCUT2D eigenvalue weighted by atomic mass is 10.2. The molecule has 0 spiro atoms. The van der Waals surface area contributed by atoms with Crippen LogP contribution in [0.15, 0.2) is 30.6 Å². The van der Waals surface area contributed by atoms with Gasteiger partial charge < -0.3 is 0 Å². The van der Waals surface area contributed by atoms with Crippen molar-refractivity contribution in [3.63, 3.8) is 0 Å². The molecule has 59 valence electrons. The molecule has 0 aliphatic heterocycles. The number of hydrogen-bond donors (Lipinski definition) is 0. The Morgan fingerprint density at radius 2 is 2.33 bits per heavy atom. The minimum absolute atomic E-state index is 0.993. The molecule has 3 heteroatoms. The van der Waals surface area contributed by atoms with Crippen molar-refractivity contribution in [2.24, 2.45) is 0 Å². The van der Waals surface area contributed by atoms with E-state index in [9.17, 15) is 0 Å². The smallest absolute Gasteiger partial charge is 0.201 e. The predicted octanol–water partition coefficient (Wildman–Crippen LogP) is 1.38. The first kappa shape index (κ1) is 7.03. The fourth-order valence-corrected chi connectivity index (χ4v) is 1.07. The van der Waals surface area contributed by atoms with Gasteiger partial charge in [0.05, 0.1) is 5.69 Å². The Bertz CT molecular complexity index is 365. The van der Waals surface area contributed by atoms with Crippen LogP contribution in [-0.2, 0) is 0 Å². The van der Waals surface area contributed by atoms with Crippen LogP contribution in [-0.4, -0.2) is 14.8 Å². The Balaban J connectivity index is 2.48. The molecule has 12 heavy (non-hydrogen) atoms. The third-order valence-corrected chi connectivity index (χ3v) is 1.62. The Morgan fingerprint density at radius 1 is 1.42 bits per heavy atom. The van der Waals surface area contributed by atoms with Gasteiger partial charge in [0.15, 0.2) is 0 Å². The third-order valence-electron chi connectivity index (χ3n) is 1.62. The van der Waals surface area contributed by atoms with Gasteiger partial charge in [0.2, 0.25) is 6.33 Å². The zero-order valence-electron chi connectivity index (χ0n) is 6.73. The number of aromatic nitrogens is 3. The van der Waals surface area contributed by atoms with Gasteiger partial charge in [-0.1, -0.05) is 12.1 Å². The topological polar surface area (TPSA) is 30.7 Å². The van der Waals surface area contributed by atoms with E-state index >= 15 is 0 Å². The number of aryl methyl sites for hydroxylation is 1. The molecule has 1 radical (unpaired) electrons. The Morgan fingerprint density at radius 3 is 3.00 bits per heavy atom. The fraction of sp³-hybridized carbons (Fsp3) is 0.111. The SMILES string of the molecule is Cc1cccc(-n2[c]ncn2)c1. The van der Waals surface area contributed by atoms with E-state index in [1.807, 2.05) is 31.2 Å². The molecule has 0 saturated carbocycles. The van der Waals surface area contributed by atoms with Crippen molar-refractivity contribution in [2.45, 2.75) is 6.92 Å². The van der Waals surface area contributed by atoms with E-state index in [2.05, 4.69) is 16.4 Å². The molecule has 0 aliphatic carbocycles. The fourth-order valence-electron chi connectivity index (χ4n) is 1.07. The molecule has 0 fully saturated rings. The second kappa shape index (κ2) is 2.77. The second-order valence-corrected chi connectivity index (χ2v) is 2.61. The molecule has 1 heterocycles. The van der Waals surface area contributed by atoms with E-state index in [-0.39, 0.29) is 0 Å². The highest BCUT2D eigenvalue weighted by Gasteiger charge is 1.95. The van der Waals surface area contributed by atoms with Gasteiger partial charge in [-0.15, -0.1) is 0 Å². The number of benzene rings is 1. The average molecular weight is 158 g/mol. The van der Waals surface area contributed by atoms with Crippen molar-refractivity contribution in [1.29, 1.82) is 0 Å². The van der Waals surface area contributed by atoms with Crippen LogP contribution in [0.1, 0.15) is 5.56 Å². The first-order valence-electron chi connectivity index (χ1n) is 3.71. The normalized spacial score (nSPS) is 10.1. The molecular weight excluding hydrogens is 150 g/mol. The van der Waals surface area contributed by atoms with Gasteiger partial charge >= 0.3 is 0 Å². The maximum absolute atomic E-state index is 3.98. The van der Waals surface area contributed by atoms with Crippen molar-refractivity contribution in [1.82, 2.24) is 14.8 Å². The summed E-state index contributed by atoms with van der Waals surface area (Å²) in [5, 5.41) is 3.98. The predicted molar refractivity (Wildman–Crippen MR) is 44.9 cm³/mol. The zero-order valence-corrected chi connectivity index (χ0v) is 6.73. The summed E-state index contributed by atoms with van der Waals surface area (Å²) in [6.45, 7) is 2.04. The molecule has 1 aromatic carbocycles. The summed E-state index contributed by atoms with van der Waals surface area (Å²) in [6, 6.07) is 8.03. The molecule has 1 aromatic heterocycles. The lowest BCUT2D eigenvalue weighted by Gasteiger charge is -1.99. The van der Waals surface area contributed by atoms with Gasteiger partial charge in [0.25, 0.3) is 0 Å². The quantitative estimate of drug-likeness (QED) is 0.627. The van der Waals surface area contributed by atoms with Crippen LogP contribution in [0.2, 0.25) is 0 Å². The van der Waals surface area contributed by atoms with Gasteiger partial charge in [0.1, 0.15) is 6.33 Å². The summed E-state index contributed by atoms with van der Waals surface area (Å²) in [5.41, 5.74) is 2.20. The highest BCUT2D eigenvalue weighted by molar-refractivity contribution is 5.33. The van der Waals surface area contributed by atoms with Gasteiger partial charge in [-0.05, 0) is 24.6 Å². The molecule has 0 bridgehead atoms. The molecule has 0 aliphatic rings. The highest BCUT2D eigenvalue weighted by atomic mass is 15.3. The number of rotatable bonds is 1. The first-order valence-corrected chi connectivity index (χ1v) is 3.71. The molecule has 0 saturated heterocycles. The van der Waals surface area contributed by atoms with Crippen LogP contribution >= 0.6 is 0 Å². The Hall–Kier alpha value is -1.64. The lowest BCUT2D eigenvalue weighted by Crippen LogP contribution is -1.94. The largest absolute Gasteiger partial charge is 0.212 e. The summed E-state index contributed by atoms with van der Waals surface area (Å²) in [7, 11) is 0. The van der Waals surface area contributed by atoms with E-state index in [0.29, 0.717) is 0 Å². The first-order chi connectivity index (χ1) is 5.86. The summed E-state index contributed by atoms with van der Waals surface area (Å²) in [4.78, 5) is 3.76. The third kappa shape index (κ3) is 1.21. The maximum Gasteiger partial charge on any atom is 0.201 e. The van der Waals surface area contributed by atoms with Crippen molar-refractivity contribution < 1.29 is 0 Å². The maximum atomic E-state index is 3.98. The van der Waals surface area contributed by atoms with Crippen LogP contribution in [0, 0.1) is 13.3 Å². The molecular formula is C9H8N3. The minimum Gasteiger partial charge on any atom is -0.212 e. The van der Waals surface area contributed by atoms with E-state index in [0.717, 1.165) is 5.69 Å². The van der Waals surface area contributed by atoms with E-state index < -0.39 is 0 Å². The lowest BCUT2D eigenvalue weighted by molar-refractivity contribution is 0.870. The highest BCUT2D eigenvalue weighted by Crippen LogP contribution is 2.06. The molecule has 0 amide bonds. The van der Waals surface area contributed by atoms with E-state index in [1.165, 1.54) is 11.9 Å². The van der Waals surface area contributed by atoms with Crippen LogP contribution in [0.25, 0.3) is 5.69 Å². The van der Waals surface area contributed by atoms with Crippen molar-refractivity contribution in [2.75, 3.05) is 0 Å². The van der Waals surface area contributed by atoms with Gasteiger partial charge in [-0.2, -0.15) is 5.10 Å². The van der Waals surface area contributed by atoms with Crippen molar-refractivity contribution in [3.05, 3.63) is 42.5 Å². The number of hydrogen-bond acceptors (Lipinski definition) is 2. The molecule has 2 rings (SSSR count). The van der Waals surface area contributed by atoms with Crippen LogP contribution in [0.4, 0.5) is 0 Å². The van der Waals surface area contributed by atoms with Gasteiger partial charge in [0, 0.05) is 0 Å². The monoisotopic (exact) mass is 158 g/mol. The summed E-state index contributed by atoms with van der Waals surface area (Å²) in [5.74, 6) is 0. The summed E-state index contributed by atoms with van der Waals surface area (Å²) >= 11 is 0. The van der Waals surface area contributed by atoms with Crippen LogP contribution in [0.5, 0.6) is 0 Å². The summed E-state index contributed by atoms with van der Waals surface area (Å²) in [6.07, 6.45) is 4.21. The average Bonchev–Trinajstić information content (AvgIpc) is 2.56. The van der Waals surface area contributed by atoms with E-state index in [4.69, 9.17) is 0 Å². The van der Waals surface area contributed by atoms with Crippen molar-refractivity contribution in [3.8, 4) is 5.69 Å². The molecule has 3 nitrogen and oxygen atoms in total. The molecule has 0 unspecified atom stereocenters. The molecule has 2 aromatic rings. The standard InChI is InChI=1S/C9H8N3/c1-8-3-2-4-9(5-8)12-7-10-6-11-12/h2-6H,1H3. The minimum atomic E-state index is 0.993. The van der Waals surface area contributed by atoms with Crippen LogP contribution < -0.4 is 0 Å². The molecule has 0 atom stereocenters. The number of nitrogens with zero attached hydrogens (tertiary/aromatic N) is 3. The second-order valence-electron chi connectivity index (χ2n) is 2.61. The Kier molecular flexibility index (Phi) is 1.63. The Labute approximate surface area is 70.7 Å². The van der Waals surface area contributed by atoms with Gasteiger partial charge in [-0.25, -0.2) is 9.67 Å². The zero-order chi connectivity index (χ0) is 8.39. The van der Waals surface area contributed by atoms with Crippen LogP contribution in [0.3, 0.4) is 0 Å². The summed E-state index contributed by atoms with van der Waals surface area (Å²) < 4.78 is 1.62. The van der Waals surface area contributed by atoms with Gasteiger partial charge in [-0.3, -0.25) is 0 Å².